The van der Waals surface area contributed by atoms with Gasteiger partial charge in [0.2, 0.25) is 0 Å². The molecule has 118 valence electrons. The Morgan fingerprint density at radius 2 is 2.09 bits per heavy atom. The van der Waals surface area contributed by atoms with Gasteiger partial charge in [-0.3, -0.25) is 0 Å². The molecule has 0 saturated heterocycles. The van der Waals surface area contributed by atoms with Gasteiger partial charge in [-0.15, -0.1) is 0 Å². The van der Waals surface area contributed by atoms with E-state index in [9.17, 15) is 14.7 Å². The lowest BCUT2D eigenvalue weighted by Gasteiger charge is -2.18. The van der Waals surface area contributed by atoms with Crippen LogP contribution in [0.3, 0.4) is 0 Å². The van der Waals surface area contributed by atoms with Gasteiger partial charge in [0.05, 0.1) is 22.7 Å². The molecule has 0 aliphatic rings. The van der Waals surface area contributed by atoms with E-state index >= 15 is 0 Å². The van der Waals surface area contributed by atoms with Crippen LogP contribution >= 0.6 is 15.9 Å². The van der Waals surface area contributed by atoms with Crippen LogP contribution in [0, 0.1) is 11.0 Å². The number of fused-ring (bicyclic) bond motifs is 1. The summed E-state index contributed by atoms with van der Waals surface area (Å²) in [5.74, 6) is -0.261. The maximum Gasteiger partial charge on any atom is 0.179 e. The molecule has 0 saturated carbocycles. The van der Waals surface area contributed by atoms with E-state index in [1.165, 1.54) is 25.5 Å². The molecule has 0 aliphatic heterocycles. The van der Waals surface area contributed by atoms with Crippen LogP contribution in [0.5, 0.6) is 5.75 Å². The van der Waals surface area contributed by atoms with Crippen molar-refractivity contribution in [1.82, 2.24) is 9.97 Å². The quantitative estimate of drug-likeness (QED) is 0.481. The number of nitrogens with one attached hydrogen (secondary N) is 2. The number of quaternary nitrogens is 1. The summed E-state index contributed by atoms with van der Waals surface area (Å²) in [7, 11) is 1.35. The Balaban J connectivity index is 2.14. The van der Waals surface area contributed by atoms with Crippen LogP contribution in [0.1, 0.15) is 0 Å². The molecule has 0 aliphatic carbocycles. The van der Waals surface area contributed by atoms with E-state index in [0.717, 1.165) is 0 Å². The third-order valence-corrected chi connectivity index (χ3v) is 3.95. The normalized spacial score (nSPS) is 12.3. The number of phenolic OH excluding ortho intramolecular Hbond substituents is 1. The summed E-state index contributed by atoms with van der Waals surface area (Å²) < 4.78 is 14.4. The number of phenols is 1. The smallest absolute Gasteiger partial charge is 0.179 e. The number of nitrogens with zero attached hydrogens (tertiary/aromatic N) is 2. The van der Waals surface area contributed by atoms with Gasteiger partial charge in [0.15, 0.2) is 17.3 Å². The minimum Gasteiger partial charge on any atom is -0.629 e. The van der Waals surface area contributed by atoms with Gasteiger partial charge in [-0.25, -0.2) is 14.4 Å². The third-order valence-electron chi connectivity index (χ3n) is 3.34. The van der Waals surface area contributed by atoms with Crippen LogP contribution in [0.25, 0.3) is 10.9 Å². The Labute approximate surface area is 139 Å². The highest BCUT2D eigenvalue weighted by atomic mass is 79.9. The topological polar surface area (TPSA) is 85.5 Å². The Morgan fingerprint density at radius 1 is 1.30 bits per heavy atom. The van der Waals surface area contributed by atoms with Crippen LogP contribution in [-0.2, 0) is 0 Å². The lowest BCUT2D eigenvalue weighted by atomic mass is 10.2. The van der Waals surface area contributed by atoms with Gasteiger partial charge in [-0.2, -0.15) is 0 Å². The molecule has 1 unspecified atom stereocenters. The monoisotopic (exact) mass is 378 g/mol. The van der Waals surface area contributed by atoms with Gasteiger partial charge in [-0.05, 0) is 28.1 Å². The standard InChI is InChI=1S/C15H12BrFN4O2/c1-21(23)12-5-8-11(6-13(12)22)18-7-19-15(8)20-10-4-2-3-9(16)14(10)17/h2-7,21-22H,1H3,(H,18,19,20). The molecule has 1 atom stereocenters. The van der Waals surface area contributed by atoms with E-state index in [-0.39, 0.29) is 22.2 Å². The molecule has 0 spiro atoms. The Morgan fingerprint density at radius 3 is 2.83 bits per heavy atom. The van der Waals surface area contributed by atoms with Crippen molar-refractivity contribution in [1.29, 1.82) is 0 Å². The predicted octanol–water partition coefficient (Wildman–Crippen LogP) is 2.62. The van der Waals surface area contributed by atoms with Crippen LogP contribution in [0.15, 0.2) is 41.1 Å². The molecule has 3 rings (SSSR count). The van der Waals surface area contributed by atoms with Crippen LogP contribution in [0.4, 0.5) is 21.6 Å². The molecule has 0 radical (unpaired) electrons. The predicted molar refractivity (Wildman–Crippen MR) is 88.5 cm³/mol. The van der Waals surface area contributed by atoms with Crippen molar-refractivity contribution in [3.8, 4) is 5.75 Å². The molecule has 2 aromatic carbocycles. The first kappa shape index (κ1) is 15.6. The van der Waals surface area contributed by atoms with Crippen molar-refractivity contribution in [2.75, 3.05) is 12.4 Å². The largest absolute Gasteiger partial charge is 0.629 e. The van der Waals surface area contributed by atoms with Gasteiger partial charge < -0.3 is 20.7 Å². The van der Waals surface area contributed by atoms with E-state index in [1.54, 1.807) is 18.2 Å². The fourth-order valence-electron chi connectivity index (χ4n) is 2.20. The Kier molecular flexibility index (Phi) is 4.12. The first-order valence-corrected chi connectivity index (χ1v) is 7.46. The molecule has 1 aromatic heterocycles. The van der Waals surface area contributed by atoms with E-state index in [1.807, 2.05) is 0 Å². The zero-order valence-electron chi connectivity index (χ0n) is 12.0. The van der Waals surface area contributed by atoms with E-state index < -0.39 is 5.82 Å². The fourth-order valence-corrected chi connectivity index (χ4v) is 2.57. The molecule has 6 nitrogen and oxygen atoms in total. The SMILES string of the molecule is C[NH+]([O-])c1cc2c(Nc3cccc(Br)c3F)ncnc2cc1O. The van der Waals surface area contributed by atoms with E-state index in [2.05, 4.69) is 31.2 Å². The van der Waals surface area contributed by atoms with Gasteiger partial charge >= 0.3 is 0 Å². The highest BCUT2D eigenvalue weighted by Gasteiger charge is 2.14. The van der Waals surface area contributed by atoms with Crippen LogP contribution in [0.2, 0.25) is 0 Å². The average molecular weight is 379 g/mol. The molecule has 0 bridgehead atoms. The van der Waals surface area contributed by atoms with E-state index in [0.29, 0.717) is 21.2 Å². The summed E-state index contributed by atoms with van der Waals surface area (Å²) >= 11 is 3.12. The first-order chi connectivity index (χ1) is 11.0. The summed E-state index contributed by atoms with van der Waals surface area (Å²) in [6.07, 6.45) is 1.30. The third kappa shape index (κ3) is 2.96. The van der Waals surface area contributed by atoms with Gasteiger partial charge in [0, 0.05) is 17.5 Å². The fraction of sp³-hybridized carbons (Fsp3) is 0.0667. The van der Waals surface area contributed by atoms with Crippen molar-refractivity contribution in [3.63, 3.8) is 0 Å². The number of rotatable bonds is 3. The number of hydroxylamine groups is 1. The molecule has 0 fully saturated rings. The lowest BCUT2D eigenvalue weighted by molar-refractivity contribution is -0.751. The minimum atomic E-state index is -0.454. The van der Waals surface area contributed by atoms with Gasteiger partial charge in [0.1, 0.15) is 12.1 Å². The van der Waals surface area contributed by atoms with Gasteiger partial charge in [0.25, 0.3) is 0 Å². The highest BCUT2D eigenvalue weighted by Crippen LogP contribution is 2.31. The second-order valence-electron chi connectivity index (χ2n) is 4.89. The molecule has 1 heterocycles. The lowest BCUT2D eigenvalue weighted by Crippen LogP contribution is -2.98. The zero-order valence-corrected chi connectivity index (χ0v) is 13.6. The number of benzene rings is 2. The Hall–Kier alpha value is -2.29. The van der Waals surface area contributed by atoms with Crippen LogP contribution < -0.4 is 10.4 Å². The van der Waals surface area contributed by atoms with Crippen molar-refractivity contribution in [2.45, 2.75) is 0 Å². The molecule has 8 heteroatoms. The first-order valence-electron chi connectivity index (χ1n) is 6.67. The summed E-state index contributed by atoms with van der Waals surface area (Å²) in [6, 6.07) is 7.72. The van der Waals surface area contributed by atoms with Crippen molar-refractivity contribution in [2.24, 2.45) is 0 Å². The second kappa shape index (κ2) is 6.07. The summed E-state index contributed by atoms with van der Waals surface area (Å²) in [5.41, 5.74) is 0.835. The maximum atomic E-state index is 14.1. The number of anilines is 2. The molecule has 23 heavy (non-hydrogen) atoms. The summed E-state index contributed by atoms with van der Waals surface area (Å²) in [4.78, 5) is 8.17. The molecule has 0 amide bonds. The average Bonchev–Trinajstić information content (AvgIpc) is 2.51. The number of aromatic nitrogens is 2. The van der Waals surface area contributed by atoms with E-state index in [4.69, 9.17) is 0 Å². The molecule has 3 N–H and O–H groups in total. The van der Waals surface area contributed by atoms with Crippen LogP contribution in [-0.4, -0.2) is 22.1 Å². The number of hydrogen-bond donors (Lipinski definition) is 3. The minimum absolute atomic E-state index is 0.150. The summed E-state index contributed by atoms with van der Waals surface area (Å²) in [6.45, 7) is 0. The number of aromatic hydroxyl groups is 1. The van der Waals surface area contributed by atoms with Crippen molar-refractivity contribution >= 4 is 44.0 Å². The summed E-state index contributed by atoms with van der Waals surface area (Å²) in [5, 5.41) is 24.6. The molecular weight excluding hydrogens is 367 g/mol. The van der Waals surface area contributed by atoms with Gasteiger partial charge in [-0.1, -0.05) is 6.07 Å². The Bertz CT molecular complexity index is 889. The molecule has 3 aromatic rings. The maximum absolute atomic E-state index is 14.1. The van der Waals surface area contributed by atoms with Crippen molar-refractivity contribution < 1.29 is 14.6 Å². The highest BCUT2D eigenvalue weighted by molar-refractivity contribution is 9.10. The molecular formula is C15H12BrFN4O2. The number of halogens is 2. The number of hydrogen-bond acceptors (Lipinski definition) is 5. The second-order valence-corrected chi connectivity index (χ2v) is 5.75. The van der Waals surface area contributed by atoms with Crippen molar-refractivity contribution in [3.05, 3.63) is 52.2 Å². The zero-order chi connectivity index (χ0) is 16.6.